The molecular formula is C14H15ClFN3O2. The number of aromatic nitrogens is 2. The molecule has 0 aliphatic carbocycles. The van der Waals surface area contributed by atoms with Crippen LogP contribution in [-0.4, -0.2) is 15.7 Å². The molecule has 1 aromatic heterocycles. The molecule has 0 spiro atoms. The SMILES string of the molecule is CCn1nc(C)c(N)c1C(=O)OCc1cccc(F)c1Cl. The number of ether oxygens (including phenoxy) is 1. The highest BCUT2D eigenvalue weighted by atomic mass is 35.5. The highest BCUT2D eigenvalue weighted by molar-refractivity contribution is 6.31. The van der Waals surface area contributed by atoms with Crippen molar-refractivity contribution in [3.8, 4) is 0 Å². The van der Waals surface area contributed by atoms with Crippen molar-refractivity contribution in [1.82, 2.24) is 9.78 Å². The molecule has 5 nitrogen and oxygen atoms in total. The number of nitrogen functional groups attached to an aromatic ring is 1. The molecule has 1 aromatic carbocycles. The molecule has 0 saturated carbocycles. The molecule has 0 unspecified atom stereocenters. The zero-order valence-electron chi connectivity index (χ0n) is 11.7. The van der Waals surface area contributed by atoms with Gasteiger partial charge in [0.1, 0.15) is 12.4 Å². The summed E-state index contributed by atoms with van der Waals surface area (Å²) >= 11 is 5.81. The number of nitrogens with zero attached hydrogens (tertiary/aromatic N) is 2. The van der Waals surface area contributed by atoms with E-state index >= 15 is 0 Å². The zero-order chi connectivity index (χ0) is 15.6. The molecule has 0 saturated heterocycles. The Kier molecular flexibility index (Phi) is 4.47. The molecule has 2 N–H and O–H groups in total. The van der Waals surface area contributed by atoms with Gasteiger partial charge < -0.3 is 10.5 Å². The lowest BCUT2D eigenvalue weighted by Crippen LogP contribution is -2.14. The molecule has 0 aliphatic heterocycles. The van der Waals surface area contributed by atoms with Gasteiger partial charge in [0.25, 0.3) is 0 Å². The number of carbonyl (C=O) groups is 1. The van der Waals surface area contributed by atoms with Gasteiger partial charge in [-0.25, -0.2) is 9.18 Å². The van der Waals surface area contributed by atoms with E-state index in [-0.39, 0.29) is 23.0 Å². The van der Waals surface area contributed by atoms with Crippen molar-refractivity contribution in [2.75, 3.05) is 5.73 Å². The number of nitrogens with two attached hydrogens (primary N) is 1. The lowest BCUT2D eigenvalue weighted by Gasteiger charge is -2.08. The van der Waals surface area contributed by atoms with Gasteiger partial charge in [0.05, 0.1) is 16.4 Å². The molecule has 21 heavy (non-hydrogen) atoms. The van der Waals surface area contributed by atoms with Gasteiger partial charge in [-0.2, -0.15) is 5.10 Å². The van der Waals surface area contributed by atoms with Gasteiger partial charge in [0.2, 0.25) is 0 Å². The molecule has 0 amide bonds. The van der Waals surface area contributed by atoms with Gasteiger partial charge in [-0.1, -0.05) is 23.7 Å². The number of anilines is 1. The van der Waals surface area contributed by atoms with Crippen LogP contribution in [0.1, 0.15) is 28.7 Å². The maximum absolute atomic E-state index is 13.3. The summed E-state index contributed by atoms with van der Waals surface area (Å²) in [5.41, 5.74) is 7.27. The van der Waals surface area contributed by atoms with Crippen LogP contribution in [0.15, 0.2) is 18.2 Å². The minimum absolute atomic E-state index is 0.0570. The summed E-state index contributed by atoms with van der Waals surface area (Å²) in [6.45, 7) is 3.90. The Labute approximate surface area is 126 Å². The van der Waals surface area contributed by atoms with Crippen LogP contribution in [0.4, 0.5) is 10.1 Å². The fourth-order valence-corrected chi connectivity index (χ4v) is 2.09. The highest BCUT2D eigenvalue weighted by Gasteiger charge is 2.21. The Morgan fingerprint density at radius 3 is 2.90 bits per heavy atom. The summed E-state index contributed by atoms with van der Waals surface area (Å²) < 4.78 is 19.9. The second-order valence-electron chi connectivity index (χ2n) is 4.45. The number of halogens is 2. The van der Waals surface area contributed by atoms with Crippen molar-refractivity contribution >= 4 is 23.3 Å². The van der Waals surface area contributed by atoms with Crippen molar-refractivity contribution in [1.29, 1.82) is 0 Å². The number of aryl methyl sites for hydroxylation is 2. The largest absolute Gasteiger partial charge is 0.456 e. The van der Waals surface area contributed by atoms with Crippen LogP contribution in [0.2, 0.25) is 5.02 Å². The number of hydrogen-bond acceptors (Lipinski definition) is 4. The minimum Gasteiger partial charge on any atom is -0.456 e. The Morgan fingerprint density at radius 1 is 1.52 bits per heavy atom. The van der Waals surface area contributed by atoms with Gasteiger partial charge in [-0.05, 0) is 19.9 Å². The molecular weight excluding hydrogens is 297 g/mol. The van der Waals surface area contributed by atoms with Crippen molar-refractivity contribution in [3.63, 3.8) is 0 Å². The first-order valence-electron chi connectivity index (χ1n) is 6.38. The van der Waals surface area contributed by atoms with E-state index in [1.807, 2.05) is 6.92 Å². The summed E-state index contributed by atoms with van der Waals surface area (Å²) in [7, 11) is 0. The zero-order valence-corrected chi connectivity index (χ0v) is 12.4. The number of rotatable bonds is 4. The first kappa shape index (κ1) is 15.3. The van der Waals surface area contributed by atoms with Crippen LogP contribution in [-0.2, 0) is 17.9 Å². The highest BCUT2D eigenvalue weighted by Crippen LogP contribution is 2.22. The average molecular weight is 312 g/mol. The molecule has 2 aromatic rings. The Bertz CT molecular complexity index is 685. The van der Waals surface area contributed by atoms with E-state index < -0.39 is 11.8 Å². The fourth-order valence-electron chi connectivity index (χ4n) is 1.91. The van der Waals surface area contributed by atoms with E-state index in [1.54, 1.807) is 13.0 Å². The van der Waals surface area contributed by atoms with Gasteiger partial charge in [-0.3, -0.25) is 4.68 Å². The molecule has 1 heterocycles. The Morgan fingerprint density at radius 2 is 2.24 bits per heavy atom. The lowest BCUT2D eigenvalue weighted by atomic mass is 10.2. The van der Waals surface area contributed by atoms with E-state index in [0.29, 0.717) is 17.8 Å². The van der Waals surface area contributed by atoms with E-state index in [0.717, 1.165) is 0 Å². The van der Waals surface area contributed by atoms with E-state index in [2.05, 4.69) is 5.10 Å². The van der Waals surface area contributed by atoms with E-state index in [4.69, 9.17) is 22.1 Å². The second kappa shape index (κ2) is 6.13. The summed E-state index contributed by atoms with van der Waals surface area (Å²) in [6.07, 6.45) is 0. The quantitative estimate of drug-likeness (QED) is 0.881. The maximum Gasteiger partial charge on any atom is 0.359 e. The molecule has 0 fully saturated rings. The molecule has 112 valence electrons. The second-order valence-corrected chi connectivity index (χ2v) is 4.83. The van der Waals surface area contributed by atoms with Crippen molar-refractivity contribution in [3.05, 3.63) is 46.0 Å². The third-order valence-electron chi connectivity index (χ3n) is 3.06. The lowest BCUT2D eigenvalue weighted by molar-refractivity contribution is 0.0459. The predicted octanol–water partition coefficient (Wildman–Crippen LogP) is 2.94. The smallest absolute Gasteiger partial charge is 0.359 e. The van der Waals surface area contributed by atoms with Crippen LogP contribution in [0.3, 0.4) is 0 Å². The number of esters is 1. The van der Waals surface area contributed by atoms with Crippen LogP contribution in [0.5, 0.6) is 0 Å². The molecule has 0 bridgehead atoms. The number of benzene rings is 1. The first-order valence-corrected chi connectivity index (χ1v) is 6.76. The van der Waals surface area contributed by atoms with Gasteiger partial charge in [0, 0.05) is 12.1 Å². The van der Waals surface area contributed by atoms with Gasteiger partial charge in [-0.15, -0.1) is 0 Å². The molecule has 0 aliphatic rings. The van der Waals surface area contributed by atoms with Crippen LogP contribution >= 0.6 is 11.6 Å². The van der Waals surface area contributed by atoms with Crippen LogP contribution in [0.25, 0.3) is 0 Å². The van der Waals surface area contributed by atoms with Gasteiger partial charge >= 0.3 is 5.97 Å². The Hall–Kier alpha value is -2.08. The van der Waals surface area contributed by atoms with Crippen molar-refractivity contribution in [2.45, 2.75) is 27.0 Å². The average Bonchev–Trinajstić information content (AvgIpc) is 2.75. The standard InChI is InChI=1S/C14H15ClFN3O2/c1-3-19-13(12(17)8(2)18-19)14(20)21-7-9-5-4-6-10(16)11(9)15/h4-6H,3,7,17H2,1-2H3. The molecule has 7 heteroatoms. The van der Waals surface area contributed by atoms with E-state index in [1.165, 1.54) is 16.8 Å². The maximum atomic E-state index is 13.3. The minimum atomic E-state index is -0.615. The molecule has 2 rings (SSSR count). The topological polar surface area (TPSA) is 70.1 Å². The third kappa shape index (κ3) is 3.00. The summed E-state index contributed by atoms with van der Waals surface area (Å²) in [4.78, 5) is 12.1. The summed E-state index contributed by atoms with van der Waals surface area (Å²) in [6, 6.07) is 4.32. The summed E-state index contributed by atoms with van der Waals surface area (Å²) in [5.74, 6) is -1.17. The molecule has 0 radical (unpaired) electrons. The van der Waals surface area contributed by atoms with Gasteiger partial charge in [0.15, 0.2) is 5.69 Å². The fraction of sp³-hybridized carbons (Fsp3) is 0.286. The van der Waals surface area contributed by atoms with Crippen molar-refractivity contribution < 1.29 is 13.9 Å². The van der Waals surface area contributed by atoms with Crippen molar-refractivity contribution in [2.24, 2.45) is 0 Å². The number of hydrogen-bond donors (Lipinski definition) is 1. The summed E-state index contributed by atoms with van der Waals surface area (Å²) in [5, 5.41) is 4.08. The third-order valence-corrected chi connectivity index (χ3v) is 3.48. The van der Waals surface area contributed by atoms with E-state index in [9.17, 15) is 9.18 Å². The first-order chi connectivity index (χ1) is 9.95. The monoisotopic (exact) mass is 311 g/mol. The Balaban J connectivity index is 2.18. The normalized spacial score (nSPS) is 10.7. The van der Waals surface area contributed by atoms with Crippen LogP contribution < -0.4 is 5.73 Å². The number of carbonyl (C=O) groups excluding carboxylic acids is 1. The van der Waals surface area contributed by atoms with Crippen LogP contribution in [0, 0.1) is 12.7 Å². The molecule has 0 atom stereocenters. The predicted molar refractivity (Wildman–Crippen MR) is 77.6 cm³/mol.